The van der Waals surface area contributed by atoms with Crippen molar-refractivity contribution >= 4 is 12.1 Å². The van der Waals surface area contributed by atoms with Gasteiger partial charge in [-0.1, -0.05) is 0 Å². The Balaban J connectivity index is 0.000000441. The smallest absolute Gasteiger partial charge is 0.195 e. The topological polar surface area (TPSA) is 236 Å². The molecular formula is C12H22O12. The van der Waals surface area contributed by atoms with Crippen LogP contribution in [-0.4, -0.2) is 125 Å². The zero-order chi connectivity index (χ0) is 19.2. The van der Waals surface area contributed by atoms with E-state index < -0.39 is 67.3 Å². The third-order valence-electron chi connectivity index (χ3n) is 3.35. The van der Waals surface area contributed by atoms with Crippen LogP contribution < -0.4 is 0 Å². The third-order valence-corrected chi connectivity index (χ3v) is 3.35. The summed E-state index contributed by atoms with van der Waals surface area (Å²) in [5, 5.41) is 88.0. The first-order chi connectivity index (χ1) is 11.0. The maximum atomic E-state index is 10.8. The van der Waals surface area contributed by atoms with Crippen molar-refractivity contribution in [3.63, 3.8) is 0 Å². The highest BCUT2D eigenvalue weighted by molar-refractivity contribution is 5.89. The van der Waals surface area contributed by atoms with Gasteiger partial charge in [-0.3, -0.25) is 4.79 Å². The number of hydrogen-bond donors (Lipinski definition) is 10. The lowest BCUT2D eigenvalue weighted by Crippen LogP contribution is -2.61. The molecule has 12 heteroatoms. The van der Waals surface area contributed by atoms with Crippen molar-refractivity contribution in [1.29, 1.82) is 0 Å². The average Bonchev–Trinajstić information content (AvgIpc) is 2.60. The summed E-state index contributed by atoms with van der Waals surface area (Å²) in [6, 6.07) is 0. The lowest BCUT2D eigenvalue weighted by Gasteiger charge is -2.34. The number of ketones is 1. The Morgan fingerprint density at radius 2 is 1.25 bits per heavy atom. The summed E-state index contributed by atoms with van der Waals surface area (Å²) in [5.41, 5.74) is 0. The van der Waals surface area contributed by atoms with Crippen LogP contribution >= 0.6 is 0 Å². The van der Waals surface area contributed by atoms with Crippen molar-refractivity contribution in [2.75, 3.05) is 6.61 Å². The molecule has 1 unspecified atom stereocenters. The second kappa shape index (κ2) is 10.0. The van der Waals surface area contributed by atoms with Gasteiger partial charge >= 0.3 is 0 Å². The molecule has 1 rings (SSSR count). The van der Waals surface area contributed by atoms with E-state index in [-0.39, 0.29) is 6.29 Å². The molecular weight excluding hydrogens is 336 g/mol. The summed E-state index contributed by atoms with van der Waals surface area (Å²) in [6.07, 6.45) is -15.7. The standard InChI is InChI=1S/C6H10O6.C6H12O6/c7-1-2(8)4(10)6(12)5(11)3(1)9;7-1-3(9)5(11)6(12)4(10)2-8/h1-5,7-11H;1,3-6,8-12H,2H2/t1-,2-,3-,4+,5?;3-,4+,5+,6+/m00/s1. The highest BCUT2D eigenvalue weighted by atomic mass is 16.4. The maximum Gasteiger partial charge on any atom is 0.195 e. The first-order valence-electron chi connectivity index (χ1n) is 6.73. The van der Waals surface area contributed by atoms with Gasteiger partial charge in [-0.2, -0.15) is 0 Å². The molecule has 0 aromatic heterocycles. The van der Waals surface area contributed by atoms with Crippen molar-refractivity contribution in [2.45, 2.75) is 54.9 Å². The Bertz CT molecular complexity index is 380. The Morgan fingerprint density at radius 3 is 1.58 bits per heavy atom. The summed E-state index contributed by atoms with van der Waals surface area (Å²) >= 11 is 0. The highest BCUT2D eigenvalue weighted by Crippen LogP contribution is 2.17. The van der Waals surface area contributed by atoms with Crippen LogP contribution in [0, 0.1) is 0 Å². The second-order valence-electron chi connectivity index (χ2n) is 5.12. The van der Waals surface area contributed by atoms with Gasteiger partial charge in [0.2, 0.25) is 0 Å². The number of aliphatic hydroxyl groups is 10. The number of hydrogen-bond acceptors (Lipinski definition) is 12. The Morgan fingerprint density at radius 1 is 0.833 bits per heavy atom. The van der Waals surface area contributed by atoms with Gasteiger partial charge in [0.15, 0.2) is 12.1 Å². The van der Waals surface area contributed by atoms with Gasteiger partial charge in [0.25, 0.3) is 0 Å². The van der Waals surface area contributed by atoms with Gasteiger partial charge in [-0.05, 0) is 0 Å². The van der Waals surface area contributed by atoms with Crippen LogP contribution in [0.3, 0.4) is 0 Å². The van der Waals surface area contributed by atoms with Crippen LogP contribution in [0.2, 0.25) is 0 Å². The number of carbonyl (C=O) groups excluding carboxylic acids is 2. The lowest BCUT2D eigenvalue weighted by atomic mass is 9.86. The average molecular weight is 358 g/mol. The third kappa shape index (κ3) is 5.49. The minimum Gasteiger partial charge on any atom is -0.394 e. The first-order valence-corrected chi connectivity index (χ1v) is 6.73. The van der Waals surface area contributed by atoms with Crippen LogP contribution in [0.5, 0.6) is 0 Å². The molecule has 0 aliphatic heterocycles. The molecule has 1 saturated carbocycles. The van der Waals surface area contributed by atoms with Crippen LogP contribution in [0.4, 0.5) is 0 Å². The summed E-state index contributed by atoms with van der Waals surface area (Å²) in [5.74, 6) is -1.08. The van der Waals surface area contributed by atoms with Gasteiger partial charge in [0.1, 0.15) is 54.9 Å². The van der Waals surface area contributed by atoms with Crippen molar-refractivity contribution in [2.24, 2.45) is 0 Å². The summed E-state index contributed by atoms with van der Waals surface area (Å²) in [4.78, 5) is 20.7. The van der Waals surface area contributed by atoms with E-state index in [2.05, 4.69) is 0 Å². The summed E-state index contributed by atoms with van der Waals surface area (Å²) in [6.45, 7) is -0.760. The Kier molecular flexibility index (Phi) is 9.61. The molecule has 0 bridgehead atoms. The monoisotopic (exact) mass is 358 g/mol. The maximum absolute atomic E-state index is 10.8. The molecule has 1 fully saturated rings. The number of rotatable bonds is 5. The Labute approximate surface area is 135 Å². The normalized spacial score (nSPS) is 35.2. The van der Waals surface area contributed by atoms with Crippen molar-refractivity contribution in [3.8, 4) is 0 Å². The van der Waals surface area contributed by atoms with Crippen molar-refractivity contribution in [3.05, 3.63) is 0 Å². The molecule has 24 heavy (non-hydrogen) atoms. The second-order valence-corrected chi connectivity index (χ2v) is 5.12. The van der Waals surface area contributed by atoms with Crippen LogP contribution in [0.1, 0.15) is 0 Å². The molecule has 0 saturated heterocycles. The first kappa shape index (κ1) is 22.9. The number of aldehydes is 1. The molecule has 0 aromatic carbocycles. The molecule has 1 aliphatic carbocycles. The molecule has 0 amide bonds. The van der Waals surface area contributed by atoms with E-state index >= 15 is 0 Å². The van der Waals surface area contributed by atoms with E-state index in [9.17, 15) is 9.59 Å². The van der Waals surface area contributed by atoms with Crippen LogP contribution in [0.15, 0.2) is 0 Å². The minimum atomic E-state index is -1.83. The number of carbonyl (C=O) groups is 2. The highest BCUT2D eigenvalue weighted by Gasteiger charge is 2.47. The fourth-order valence-electron chi connectivity index (χ4n) is 1.71. The summed E-state index contributed by atoms with van der Waals surface area (Å²) in [7, 11) is 0. The molecule has 0 spiro atoms. The quantitative estimate of drug-likeness (QED) is 0.206. The van der Waals surface area contributed by atoms with Crippen molar-refractivity contribution < 1.29 is 60.7 Å². The van der Waals surface area contributed by atoms with Gasteiger partial charge in [0.05, 0.1) is 6.61 Å². The van der Waals surface area contributed by atoms with Crippen LogP contribution in [-0.2, 0) is 9.59 Å². The largest absolute Gasteiger partial charge is 0.394 e. The van der Waals surface area contributed by atoms with Gasteiger partial charge in [-0.25, -0.2) is 0 Å². The van der Waals surface area contributed by atoms with Crippen LogP contribution in [0.25, 0.3) is 0 Å². The predicted molar refractivity (Wildman–Crippen MR) is 72.2 cm³/mol. The SMILES string of the molecule is O=C1C(O)[C@@H](O)[C@@H](O)[C@H](O)[C@H]1O.O=C[C@H](O)[C@@H](O)[C@H](O)[C@H](O)CO. The number of aliphatic hydroxyl groups excluding tert-OH is 10. The zero-order valence-corrected chi connectivity index (χ0v) is 12.3. The zero-order valence-electron chi connectivity index (χ0n) is 12.3. The van der Waals surface area contributed by atoms with Gasteiger partial charge in [-0.15, -0.1) is 0 Å². The molecule has 0 aromatic rings. The Hall–Kier alpha value is -1.06. The van der Waals surface area contributed by atoms with E-state index in [1.54, 1.807) is 0 Å². The van der Waals surface area contributed by atoms with E-state index in [0.717, 1.165) is 0 Å². The lowest BCUT2D eigenvalue weighted by molar-refractivity contribution is -0.185. The summed E-state index contributed by atoms with van der Waals surface area (Å²) < 4.78 is 0. The molecule has 0 heterocycles. The molecule has 12 nitrogen and oxygen atoms in total. The van der Waals surface area contributed by atoms with Gasteiger partial charge in [0, 0.05) is 0 Å². The van der Waals surface area contributed by atoms with E-state index in [4.69, 9.17) is 51.1 Å². The van der Waals surface area contributed by atoms with E-state index in [0.29, 0.717) is 0 Å². The molecule has 142 valence electrons. The fourth-order valence-corrected chi connectivity index (χ4v) is 1.71. The van der Waals surface area contributed by atoms with E-state index in [1.165, 1.54) is 0 Å². The van der Waals surface area contributed by atoms with Crippen molar-refractivity contribution in [1.82, 2.24) is 0 Å². The molecule has 1 aliphatic rings. The predicted octanol–water partition coefficient (Wildman–Crippen LogP) is -7.01. The van der Waals surface area contributed by atoms with E-state index in [1.807, 2.05) is 0 Å². The molecule has 0 radical (unpaired) electrons. The van der Waals surface area contributed by atoms with Gasteiger partial charge < -0.3 is 55.9 Å². The molecule has 9 atom stereocenters. The minimum absolute atomic E-state index is 0.0258. The molecule has 10 N–H and O–H groups in total. The number of Topliss-reactive ketones (excluding diaryl/α,β-unsaturated/α-hetero) is 1. The fraction of sp³-hybridized carbons (Fsp3) is 0.833.